The van der Waals surface area contributed by atoms with Crippen LogP contribution >= 0.6 is 11.3 Å². The van der Waals surface area contributed by atoms with Gasteiger partial charge in [0.1, 0.15) is 10.3 Å². The predicted octanol–water partition coefficient (Wildman–Crippen LogP) is 5.12. The number of nitrogens with zero attached hydrogens (tertiary/aromatic N) is 2. The van der Waals surface area contributed by atoms with Gasteiger partial charge in [0.2, 0.25) is 9.84 Å². The average Bonchev–Trinajstić information content (AvgIpc) is 3.34. The number of anilines is 1. The summed E-state index contributed by atoms with van der Waals surface area (Å²) in [6.07, 6.45) is 0. The Bertz CT molecular complexity index is 1300. The van der Waals surface area contributed by atoms with Crippen molar-refractivity contribution in [3.05, 3.63) is 87.3 Å². The van der Waals surface area contributed by atoms with E-state index in [0.717, 1.165) is 33.7 Å². The van der Waals surface area contributed by atoms with E-state index in [0.29, 0.717) is 11.4 Å². The first-order valence-electron chi connectivity index (χ1n) is 8.87. The lowest BCUT2D eigenvalue weighted by Gasteiger charge is -2.07. The van der Waals surface area contributed by atoms with Gasteiger partial charge in [-0.3, -0.25) is 0 Å². The van der Waals surface area contributed by atoms with E-state index >= 15 is 0 Å². The molecule has 0 aliphatic carbocycles. The molecular weight excluding hydrogens is 402 g/mol. The normalized spacial score (nSPS) is 16.2. The molecule has 144 valence electrons. The van der Waals surface area contributed by atoms with E-state index in [4.69, 9.17) is 4.99 Å². The molecule has 0 saturated heterocycles. The van der Waals surface area contributed by atoms with Crippen molar-refractivity contribution in [3.8, 4) is 6.07 Å². The van der Waals surface area contributed by atoms with Crippen molar-refractivity contribution in [3.63, 3.8) is 0 Å². The minimum absolute atomic E-state index is 0.130. The highest BCUT2D eigenvalue weighted by atomic mass is 32.2. The average molecular weight is 420 g/mol. The Labute approximate surface area is 173 Å². The van der Waals surface area contributed by atoms with E-state index in [2.05, 4.69) is 5.32 Å². The van der Waals surface area contributed by atoms with Crippen LogP contribution in [0.2, 0.25) is 0 Å². The van der Waals surface area contributed by atoms with Gasteiger partial charge >= 0.3 is 0 Å². The van der Waals surface area contributed by atoms with Crippen LogP contribution in [0.1, 0.15) is 16.7 Å². The molecule has 3 aromatic rings. The Morgan fingerprint density at radius 3 is 2.45 bits per heavy atom. The highest BCUT2D eigenvalue weighted by Crippen LogP contribution is 2.36. The topological polar surface area (TPSA) is 82.3 Å². The van der Waals surface area contributed by atoms with Gasteiger partial charge in [-0.05, 0) is 49.6 Å². The first-order valence-corrected chi connectivity index (χ1v) is 11.2. The molecule has 0 fully saturated rings. The molecule has 2 aromatic carbocycles. The van der Waals surface area contributed by atoms with Gasteiger partial charge in [-0.1, -0.05) is 35.4 Å². The van der Waals surface area contributed by atoms with Crippen molar-refractivity contribution in [1.82, 2.24) is 0 Å². The van der Waals surface area contributed by atoms with Crippen LogP contribution in [0.4, 0.5) is 11.4 Å². The molecule has 29 heavy (non-hydrogen) atoms. The number of hydrogen-bond donors (Lipinski definition) is 1. The first kappa shape index (κ1) is 19.1. The molecule has 0 radical (unpaired) electrons. The zero-order valence-corrected chi connectivity index (χ0v) is 17.4. The Kier molecular flexibility index (Phi) is 4.82. The standard InChI is InChI=1S/C22H17N3O2S2/c1-14-5-8-16(9-6-14)24-21-17-12-15(2)7-10-18(17)25-22(21)19(13-23)29(26,27)20-4-3-11-28-20/h3-12,25H,1-2H3/b22-19-,24-21?. The molecule has 7 heteroatoms. The number of rotatable bonds is 3. The summed E-state index contributed by atoms with van der Waals surface area (Å²) in [5, 5.41) is 14.6. The minimum Gasteiger partial charge on any atom is -0.352 e. The zero-order valence-electron chi connectivity index (χ0n) is 15.8. The quantitative estimate of drug-likeness (QED) is 0.597. The van der Waals surface area contributed by atoms with Crippen molar-refractivity contribution in [2.45, 2.75) is 18.1 Å². The predicted molar refractivity (Wildman–Crippen MR) is 116 cm³/mol. The maximum Gasteiger partial charge on any atom is 0.228 e. The summed E-state index contributed by atoms with van der Waals surface area (Å²) in [6.45, 7) is 3.94. The van der Waals surface area contributed by atoms with Gasteiger partial charge in [0.05, 0.1) is 17.1 Å². The van der Waals surface area contributed by atoms with E-state index in [1.807, 2.05) is 62.4 Å². The van der Waals surface area contributed by atoms with Gasteiger partial charge in [0.25, 0.3) is 0 Å². The second-order valence-electron chi connectivity index (χ2n) is 6.72. The fourth-order valence-electron chi connectivity index (χ4n) is 3.09. The fourth-order valence-corrected chi connectivity index (χ4v) is 5.46. The van der Waals surface area contributed by atoms with Crippen LogP contribution in [0.5, 0.6) is 0 Å². The zero-order chi connectivity index (χ0) is 20.6. The van der Waals surface area contributed by atoms with Crippen molar-refractivity contribution < 1.29 is 8.42 Å². The van der Waals surface area contributed by atoms with Crippen molar-refractivity contribution >= 4 is 38.3 Å². The lowest BCUT2D eigenvalue weighted by molar-refractivity contribution is 0.605. The number of thiophene rings is 1. The number of nitrogens with one attached hydrogen (secondary N) is 1. The third kappa shape index (κ3) is 3.48. The van der Waals surface area contributed by atoms with Crippen molar-refractivity contribution in [1.29, 1.82) is 5.26 Å². The lowest BCUT2D eigenvalue weighted by atomic mass is 10.1. The number of aryl methyl sites for hydroxylation is 2. The summed E-state index contributed by atoms with van der Waals surface area (Å²) in [5.41, 5.74) is 4.96. The third-order valence-corrected chi connectivity index (χ3v) is 7.67. The first-order chi connectivity index (χ1) is 13.9. The number of benzene rings is 2. The second kappa shape index (κ2) is 7.32. The Morgan fingerprint density at radius 2 is 1.79 bits per heavy atom. The smallest absolute Gasteiger partial charge is 0.228 e. The molecule has 1 N–H and O–H groups in total. The SMILES string of the molecule is Cc1ccc(N=C2/C(=C(\C#N)S(=O)(=O)c3cccs3)Nc3ccc(C)cc32)cc1. The molecule has 1 aromatic heterocycles. The highest BCUT2D eigenvalue weighted by molar-refractivity contribution is 7.97. The Morgan fingerprint density at radius 1 is 1.07 bits per heavy atom. The largest absolute Gasteiger partial charge is 0.352 e. The maximum atomic E-state index is 13.1. The monoisotopic (exact) mass is 419 g/mol. The summed E-state index contributed by atoms with van der Waals surface area (Å²) < 4.78 is 26.3. The molecule has 1 aliphatic heterocycles. The summed E-state index contributed by atoms with van der Waals surface area (Å²) in [4.78, 5) is 4.38. The molecule has 4 rings (SSSR count). The summed E-state index contributed by atoms with van der Waals surface area (Å²) in [5.74, 6) is 0. The highest BCUT2D eigenvalue weighted by Gasteiger charge is 2.33. The van der Waals surface area contributed by atoms with Crippen LogP contribution in [-0.4, -0.2) is 14.1 Å². The van der Waals surface area contributed by atoms with Gasteiger partial charge in [-0.25, -0.2) is 13.4 Å². The molecule has 1 aliphatic rings. The van der Waals surface area contributed by atoms with E-state index in [1.165, 1.54) is 6.07 Å². The fraction of sp³-hybridized carbons (Fsp3) is 0.0909. The molecular formula is C22H17N3O2S2. The molecule has 0 saturated carbocycles. The van der Waals surface area contributed by atoms with Gasteiger partial charge < -0.3 is 5.32 Å². The van der Waals surface area contributed by atoms with Gasteiger partial charge in [-0.2, -0.15) is 5.26 Å². The minimum atomic E-state index is -3.96. The molecule has 0 spiro atoms. The second-order valence-corrected chi connectivity index (χ2v) is 9.78. The van der Waals surface area contributed by atoms with Crippen LogP contribution < -0.4 is 5.32 Å². The van der Waals surface area contributed by atoms with Crippen molar-refractivity contribution in [2.75, 3.05) is 5.32 Å². The van der Waals surface area contributed by atoms with Crippen LogP contribution in [0.3, 0.4) is 0 Å². The number of aliphatic imine (C=N–C) groups is 1. The molecule has 5 nitrogen and oxygen atoms in total. The Balaban J connectivity index is 1.97. The van der Waals surface area contributed by atoms with E-state index in [-0.39, 0.29) is 14.8 Å². The van der Waals surface area contributed by atoms with Gasteiger partial charge in [0, 0.05) is 11.3 Å². The number of hydrogen-bond acceptors (Lipinski definition) is 6. The lowest BCUT2D eigenvalue weighted by Crippen LogP contribution is -2.12. The number of fused-ring (bicyclic) bond motifs is 1. The number of nitriles is 1. The molecule has 0 bridgehead atoms. The van der Waals surface area contributed by atoms with Crippen molar-refractivity contribution in [2.24, 2.45) is 4.99 Å². The van der Waals surface area contributed by atoms with Crippen LogP contribution in [0.25, 0.3) is 0 Å². The third-order valence-electron chi connectivity index (χ3n) is 4.56. The van der Waals surface area contributed by atoms with Gasteiger partial charge in [-0.15, -0.1) is 11.3 Å². The maximum absolute atomic E-state index is 13.1. The number of sulfone groups is 1. The molecule has 2 heterocycles. The summed E-state index contributed by atoms with van der Waals surface area (Å²) >= 11 is 1.08. The molecule has 0 atom stereocenters. The number of allylic oxidation sites excluding steroid dienone is 2. The van der Waals surface area contributed by atoms with E-state index in [1.54, 1.807) is 11.4 Å². The van der Waals surface area contributed by atoms with Crippen LogP contribution in [0, 0.1) is 25.2 Å². The van der Waals surface area contributed by atoms with E-state index < -0.39 is 9.84 Å². The Hall–Kier alpha value is -3.21. The molecule has 0 unspecified atom stereocenters. The summed E-state index contributed by atoms with van der Waals surface area (Å²) in [7, 11) is -3.96. The van der Waals surface area contributed by atoms with E-state index in [9.17, 15) is 13.7 Å². The summed E-state index contributed by atoms with van der Waals surface area (Å²) in [6, 6.07) is 18.4. The molecule has 0 amide bonds. The van der Waals surface area contributed by atoms with Gasteiger partial charge in [0.15, 0.2) is 4.91 Å². The van der Waals surface area contributed by atoms with Crippen LogP contribution in [0.15, 0.2) is 79.8 Å². The van der Waals surface area contributed by atoms with Crippen LogP contribution in [-0.2, 0) is 9.84 Å².